The zero-order valence-corrected chi connectivity index (χ0v) is 9.15. The molecule has 2 N–H and O–H groups in total. The molecule has 0 unspecified atom stereocenters. The largest absolute Gasteiger partial charge is 0.366 e. The van der Waals surface area contributed by atoms with E-state index in [4.69, 9.17) is 5.73 Å². The highest BCUT2D eigenvalue weighted by molar-refractivity contribution is 5.93. The first-order valence-corrected chi connectivity index (χ1v) is 4.69. The molecule has 0 aliphatic rings. The highest BCUT2D eigenvalue weighted by Crippen LogP contribution is 2.21. The normalized spacial score (nSPS) is 11.2. The minimum Gasteiger partial charge on any atom is -0.366 e. The molecule has 81 valence electrons. The molecule has 0 heterocycles. The highest BCUT2D eigenvalue weighted by Gasteiger charge is 2.21. The van der Waals surface area contributed by atoms with E-state index in [9.17, 15) is 10.0 Å². The van der Waals surface area contributed by atoms with Gasteiger partial charge in [-0.25, -0.2) is 5.06 Å². The number of amides is 1. The van der Waals surface area contributed by atoms with Crippen molar-refractivity contribution in [3.05, 3.63) is 29.8 Å². The van der Waals surface area contributed by atoms with Gasteiger partial charge in [0.15, 0.2) is 0 Å². The lowest BCUT2D eigenvalue weighted by molar-refractivity contribution is 0.0995. The second kappa shape index (κ2) is 3.90. The van der Waals surface area contributed by atoms with Crippen LogP contribution < -0.4 is 10.8 Å². The zero-order chi connectivity index (χ0) is 11.6. The van der Waals surface area contributed by atoms with Crippen LogP contribution in [0.1, 0.15) is 31.1 Å². The molecule has 0 aliphatic heterocycles. The summed E-state index contributed by atoms with van der Waals surface area (Å²) in [5.74, 6) is -0.491. The predicted molar refractivity (Wildman–Crippen MR) is 57.9 cm³/mol. The Bertz CT molecular complexity index is 352. The number of anilines is 1. The Morgan fingerprint density at radius 2 is 1.67 bits per heavy atom. The summed E-state index contributed by atoms with van der Waals surface area (Å²) >= 11 is 0. The van der Waals surface area contributed by atoms with Crippen LogP contribution in [0.3, 0.4) is 0 Å². The first kappa shape index (κ1) is 11.5. The number of carbonyl (C=O) groups excluding carboxylic acids is 1. The SMILES string of the molecule is CC(C)(C)N([O])c1ccc(C(N)=O)cc1. The summed E-state index contributed by atoms with van der Waals surface area (Å²) in [6.45, 7) is 5.46. The van der Waals surface area contributed by atoms with E-state index in [-0.39, 0.29) is 0 Å². The summed E-state index contributed by atoms with van der Waals surface area (Å²) < 4.78 is 0. The Balaban J connectivity index is 2.94. The van der Waals surface area contributed by atoms with Gasteiger partial charge in [0.25, 0.3) is 0 Å². The van der Waals surface area contributed by atoms with Crippen LogP contribution in [0.2, 0.25) is 0 Å². The Hall–Kier alpha value is -1.55. The Morgan fingerprint density at radius 1 is 1.20 bits per heavy atom. The fourth-order valence-corrected chi connectivity index (χ4v) is 1.15. The topological polar surface area (TPSA) is 66.2 Å². The van der Waals surface area contributed by atoms with Crippen molar-refractivity contribution in [2.75, 3.05) is 5.06 Å². The standard InChI is InChI=1S/C11H15N2O2/c1-11(2,3)13(15)9-6-4-8(5-7-9)10(12)14/h4-7H,1-3H3,(H2,12,14). The number of nitrogens with zero attached hydrogens (tertiary/aromatic N) is 1. The molecule has 15 heavy (non-hydrogen) atoms. The van der Waals surface area contributed by atoms with E-state index in [1.54, 1.807) is 24.3 Å². The van der Waals surface area contributed by atoms with Crippen LogP contribution in [0, 0.1) is 0 Å². The smallest absolute Gasteiger partial charge is 0.248 e. The van der Waals surface area contributed by atoms with Crippen LogP contribution in [0.5, 0.6) is 0 Å². The third-order valence-corrected chi connectivity index (χ3v) is 2.00. The summed E-state index contributed by atoms with van der Waals surface area (Å²) in [5.41, 5.74) is 5.53. The van der Waals surface area contributed by atoms with Crippen molar-refractivity contribution in [1.29, 1.82) is 0 Å². The Labute approximate surface area is 89.3 Å². The number of carbonyl (C=O) groups is 1. The van der Waals surface area contributed by atoms with Crippen molar-refractivity contribution in [3.63, 3.8) is 0 Å². The van der Waals surface area contributed by atoms with E-state index in [1.165, 1.54) is 0 Å². The second-order valence-corrected chi connectivity index (χ2v) is 4.38. The first-order valence-electron chi connectivity index (χ1n) is 4.69. The number of primary amides is 1. The minimum absolute atomic E-state index is 0.404. The third-order valence-electron chi connectivity index (χ3n) is 2.00. The van der Waals surface area contributed by atoms with Gasteiger partial charge in [0.1, 0.15) is 0 Å². The molecule has 4 nitrogen and oxygen atoms in total. The molecule has 1 aromatic carbocycles. The van der Waals surface area contributed by atoms with Crippen molar-refractivity contribution >= 4 is 11.6 Å². The van der Waals surface area contributed by atoms with Crippen LogP contribution in [0.4, 0.5) is 5.69 Å². The summed E-state index contributed by atoms with van der Waals surface area (Å²) in [7, 11) is 0. The van der Waals surface area contributed by atoms with Crippen LogP contribution in [-0.2, 0) is 5.21 Å². The molecule has 0 spiro atoms. The molecule has 4 heteroatoms. The summed E-state index contributed by atoms with van der Waals surface area (Å²) in [4.78, 5) is 10.8. The molecule has 0 saturated carbocycles. The van der Waals surface area contributed by atoms with Crippen LogP contribution >= 0.6 is 0 Å². The third kappa shape index (κ3) is 2.70. The molecule has 0 saturated heterocycles. The molecule has 1 amide bonds. The van der Waals surface area contributed by atoms with Gasteiger partial charge in [-0.1, -0.05) is 5.21 Å². The molecular weight excluding hydrogens is 192 g/mol. The first-order chi connectivity index (χ1) is 6.82. The second-order valence-electron chi connectivity index (χ2n) is 4.38. The number of benzene rings is 1. The fraction of sp³-hybridized carbons (Fsp3) is 0.364. The van der Waals surface area contributed by atoms with Gasteiger partial charge in [-0.05, 0) is 45.0 Å². The van der Waals surface area contributed by atoms with Crippen molar-refractivity contribution in [3.8, 4) is 0 Å². The number of hydrogen-bond acceptors (Lipinski definition) is 2. The molecule has 0 bridgehead atoms. The van der Waals surface area contributed by atoms with Crippen LogP contribution in [0.15, 0.2) is 24.3 Å². The van der Waals surface area contributed by atoms with Gasteiger partial charge < -0.3 is 5.73 Å². The van der Waals surface area contributed by atoms with E-state index in [0.717, 1.165) is 5.06 Å². The molecule has 0 fully saturated rings. The van der Waals surface area contributed by atoms with E-state index in [1.807, 2.05) is 20.8 Å². The molecule has 0 atom stereocenters. The predicted octanol–water partition coefficient (Wildman–Crippen LogP) is 1.74. The zero-order valence-electron chi connectivity index (χ0n) is 9.15. The average molecular weight is 207 g/mol. The minimum atomic E-state index is -0.492. The summed E-state index contributed by atoms with van der Waals surface area (Å²) in [6, 6.07) is 6.29. The number of nitrogens with two attached hydrogens (primary N) is 1. The van der Waals surface area contributed by atoms with Crippen molar-refractivity contribution in [2.24, 2.45) is 5.73 Å². The van der Waals surface area contributed by atoms with E-state index < -0.39 is 11.4 Å². The highest BCUT2D eigenvalue weighted by atomic mass is 16.5. The monoisotopic (exact) mass is 207 g/mol. The van der Waals surface area contributed by atoms with E-state index >= 15 is 0 Å². The maximum Gasteiger partial charge on any atom is 0.248 e. The van der Waals surface area contributed by atoms with Gasteiger partial charge in [-0.15, -0.1) is 0 Å². The quantitative estimate of drug-likeness (QED) is 0.750. The van der Waals surface area contributed by atoms with Gasteiger partial charge in [-0.3, -0.25) is 4.79 Å². The van der Waals surface area contributed by atoms with Gasteiger partial charge in [-0.2, -0.15) is 0 Å². The van der Waals surface area contributed by atoms with Crippen LogP contribution in [-0.4, -0.2) is 11.4 Å². The molecule has 1 rings (SSSR count). The van der Waals surface area contributed by atoms with E-state index in [2.05, 4.69) is 0 Å². The van der Waals surface area contributed by atoms with Crippen molar-refractivity contribution in [1.82, 2.24) is 0 Å². The maximum absolute atomic E-state index is 11.7. The Morgan fingerprint density at radius 3 is 2.00 bits per heavy atom. The van der Waals surface area contributed by atoms with Gasteiger partial charge in [0.05, 0.1) is 11.2 Å². The van der Waals surface area contributed by atoms with Gasteiger partial charge in [0.2, 0.25) is 5.91 Å². The Kier molecular flexibility index (Phi) is 3.00. The number of rotatable bonds is 2. The molecule has 0 aliphatic carbocycles. The molecular formula is C11H15N2O2. The maximum atomic E-state index is 11.7. The number of hydrogen-bond donors (Lipinski definition) is 1. The van der Waals surface area contributed by atoms with Crippen molar-refractivity contribution < 1.29 is 10.0 Å². The molecule has 1 aromatic rings. The molecule has 0 aromatic heterocycles. The summed E-state index contributed by atoms with van der Waals surface area (Å²) in [6.07, 6.45) is 0. The van der Waals surface area contributed by atoms with Gasteiger partial charge >= 0.3 is 0 Å². The molecule has 1 radical (unpaired) electrons. The fourth-order valence-electron chi connectivity index (χ4n) is 1.15. The van der Waals surface area contributed by atoms with Crippen molar-refractivity contribution in [2.45, 2.75) is 26.3 Å². The lowest BCUT2D eigenvalue weighted by Gasteiger charge is -2.28. The van der Waals surface area contributed by atoms with Crippen LogP contribution in [0.25, 0.3) is 0 Å². The van der Waals surface area contributed by atoms with Gasteiger partial charge in [0, 0.05) is 5.56 Å². The lowest BCUT2D eigenvalue weighted by atomic mass is 10.1. The number of hydroxylamine groups is 1. The van der Waals surface area contributed by atoms with E-state index in [0.29, 0.717) is 11.3 Å². The average Bonchev–Trinajstić information content (AvgIpc) is 2.15. The summed E-state index contributed by atoms with van der Waals surface area (Å²) in [5, 5.41) is 12.6. The lowest BCUT2D eigenvalue weighted by Crippen LogP contribution is -2.37.